The molecule has 1 aromatic heterocycles. The quantitative estimate of drug-likeness (QED) is 0.767. The second-order valence-corrected chi connectivity index (χ2v) is 7.42. The van der Waals surface area contributed by atoms with Gasteiger partial charge < -0.3 is 5.32 Å². The number of nitrogens with zero attached hydrogens (tertiary/aromatic N) is 1. The summed E-state index contributed by atoms with van der Waals surface area (Å²) in [5.74, 6) is 0.0691. The van der Waals surface area contributed by atoms with E-state index >= 15 is 0 Å². The smallest absolute Gasteiger partial charge is 0.238 e. The van der Waals surface area contributed by atoms with E-state index in [-0.39, 0.29) is 5.91 Å². The lowest BCUT2D eigenvalue weighted by Crippen LogP contribution is -2.32. The van der Waals surface area contributed by atoms with Gasteiger partial charge in [-0.3, -0.25) is 9.69 Å². The van der Waals surface area contributed by atoms with E-state index in [1.165, 1.54) is 14.9 Å². The molecule has 0 unspecified atom stereocenters. The minimum atomic E-state index is 0.0691. The lowest BCUT2D eigenvalue weighted by atomic mass is 10.2. The molecule has 1 aliphatic heterocycles. The Morgan fingerprint density at radius 1 is 1.33 bits per heavy atom. The highest BCUT2D eigenvalue weighted by atomic mass is 127. The molecule has 0 bridgehead atoms. The fourth-order valence-electron chi connectivity index (χ4n) is 2.74. The number of anilines is 1. The van der Waals surface area contributed by atoms with Crippen molar-refractivity contribution in [2.75, 3.05) is 18.4 Å². The molecule has 1 aliphatic rings. The first-order valence-corrected chi connectivity index (χ1v) is 9.01. The van der Waals surface area contributed by atoms with Gasteiger partial charge in [-0.15, -0.1) is 11.3 Å². The zero-order valence-electron chi connectivity index (χ0n) is 11.6. The Balaban J connectivity index is 1.60. The molecule has 2 heterocycles. The summed E-state index contributed by atoms with van der Waals surface area (Å²) in [7, 11) is 0. The minimum absolute atomic E-state index is 0.0691. The van der Waals surface area contributed by atoms with E-state index in [0.717, 1.165) is 18.7 Å². The van der Waals surface area contributed by atoms with Crippen LogP contribution in [0.15, 0.2) is 41.8 Å². The molecule has 1 aromatic carbocycles. The first-order valence-electron chi connectivity index (χ1n) is 7.05. The maximum Gasteiger partial charge on any atom is 0.238 e. The summed E-state index contributed by atoms with van der Waals surface area (Å²) >= 11 is 4.04. The summed E-state index contributed by atoms with van der Waals surface area (Å²) in [6.45, 7) is 1.47. The second-order valence-electron chi connectivity index (χ2n) is 5.20. The summed E-state index contributed by atoms with van der Waals surface area (Å²) < 4.78 is 1.17. The average Bonchev–Trinajstić information content (AvgIpc) is 3.11. The molecule has 2 aromatic rings. The van der Waals surface area contributed by atoms with Crippen molar-refractivity contribution >= 4 is 45.5 Å². The molecular formula is C16H17IN2OS. The molecule has 1 atom stereocenters. The number of rotatable bonds is 4. The Bertz CT molecular complexity index is 597. The molecule has 0 radical (unpaired) electrons. The molecule has 1 fully saturated rings. The van der Waals surface area contributed by atoms with Crippen LogP contribution in [0.2, 0.25) is 0 Å². The third-order valence-corrected chi connectivity index (χ3v) is 5.40. The summed E-state index contributed by atoms with van der Waals surface area (Å²) in [6.07, 6.45) is 2.32. The molecule has 3 rings (SSSR count). The first-order chi connectivity index (χ1) is 10.2. The number of carbonyl (C=O) groups is 1. The van der Waals surface area contributed by atoms with Gasteiger partial charge in [-0.25, -0.2) is 0 Å². The van der Waals surface area contributed by atoms with Crippen molar-refractivity contribution in [3.05, 3.63) is 50.2 Å². The van der Waals surface area contributed by atoms with Crippen LogP contribution in [0, 0.1) is 3.57 Å². The van der Waals surface area contributed by atoms with E-state index < -0.39 is 0 Å². The Kier molecular flexibility index (Phi) is 4.92. The van der Waals surface area contributed by atoms with Crippen molar-refractivity contribution in [3.63, 3.8) is 0 Å². The normalized spacial score (nSPS) is 18.8. The Hall–Kier alpha value is -0.920. The number of amides is 1. The Morgan fingerprint density at radius 2 is 2.14 bits per heavy atom. The number of halogens is 1. The molecule has 3 nitrogen and oxygen atoms in total. The third-order valence-electron chi connectivity index (χ3n) is 3.71. The Morgan fingerprint density at radius 3 is 2.86 bits per heavy atom. The summed E-state index contributed by atoms with van der Waals surface area (Å²) in [6, 6.07) is 12.6. The number of carbonyl (C=O) groups excluding carboxylic acids is 1. The van der Waals surface area contributed by atoms with Gasteiger partial charge in [0.15, 0.2) is 0 Å². The minimum Gasteiger partial charge on any atom is -0.325 e. The maximum absolute atomic E-state index is 12.2. The predicted molar refractivity (Wildman–Crippen MR) is 95.7 cm³/mol. The summed E-state index contributed by atoms with van der Waals surface area (Å²) in [4.78, 5) is 15.9. The van der Waals surface area contributed by atoms with Crippen molar-refractivity contribution in [2.24, 2.45) is 0 Å². The number of benzene rings is 1. The van der Waals surface area contributed by atoms with Gasteiger partial charge in [-0.2, -0.15) is 0 Å². The highest BCUT2D eigenvalue weighted by Crippen LogP contribution is 2.34. The average molecular weight is 412 g/mol. The van der Waals surface area contributed by atoms with Crippen molar-refractivity contribution in [2.45, 2.75) is 18.9 Å². The van der Waals surface area contributed by atoms with Crippen molar-refractivity contribution < 1.29 is 4.79 Å². The largest absolute Gasteiger partial charge is 0.325 e. The van der Waals surface area contributed by atoms with Crippen molar-refractivity contribution in [1.29, 1.82) is 0 Å². The van der Waals surface area contributed by atoms with E-state index in [0.29, 0.717) is 12.6 Å². The molecule has 0 saturated carbocycles. The first kappa shape index (κ1) is 15.0. The molecule has 0 spiro atoms. The Labute approximate surface area is 142 Å². The van der Waals surface area contributed by atoms with Crippen LogP contribution in [0.3, 0.4) is 0 Å². The van der Waals surface area contributed by atoms with Crippen LogP contribution in [0.1, 0.15) is 23.8 Å². The zero-order valence-corrected chi connectivity index (χ0v) is 14.6. The number of hydrogen-bond donors (Lipinski definition) is 1. The predicted octanol–water partition coefficient (Wildman–Crippen LogP) is 4.13. The van der Waals surface area contributed by atoms with Gasteiger partial charge in [0.2, 0.25) is 5.91 Å². The molecule has 1 saturated heterocycles. The van der Waals surface area contributed by atoms with Gasteiger partial charge in [0, 0.05) is 20.2 Å². The van der Waals surface area contributed by atoms with Crippen LogP contribution in [0.4, 0.5) is 5.69 Å². The van der Waals surface area contributed by atoms with Gasteiger partial charge in [0.25, 0.3) is 0 Å². The van der Waals surface area contributed by atoms with E-state index in [4.69, 9.17) is 0 Å². The molecule has 1 amide bonds. The van der Waals surface area contributed by atoms with E-state index in [9.17, 15) is 4.79 Å². The van der Waals surface area contributed by atoms with Gasteiger partial charge in [-0.05, 0) is 77.7 Å². The third kappa shape index (κ3) is 3.84. The lowest BCUT2D eigenvalue weighted by molar-refractivity contribution is -0.117. The topological polar surface area (TPSA) is 32.3 Å². The van der Waals surface area contributed by atoms with Gasteiger partial charge in [0.1, 0.15) is 0 Å². The van der Waals surface area contributed by atoms with E-state index in [1.54, 1.807) is 11.3 Å². The number of nitrogens with one attached hydrogen (secondary N) is 1. The standard InChI is InChI=1S/C16H17IN2OS/c17-12-5-7-13(8-6-12)18-16(20)11-19-9-1-3-14(19)15-4-2-10-21-15/h2,4-8,10,14H,1,3,9,11H2,(H,18,20)/t14-/m0/s1. The molecular weight excluding hydrogens is 395 g/mol. The number of hydrogen-bond acceptors (Lipinski definition) is 3. The molecule has 1 N–H and O–H groups in total. The van der Waals surface area contributed by atoms with Crippen LogP contribution in [0.25, 0.3) is 0 Å². The van der Waals surface area contributed by atoms with Crippen molar-refractivity contribution in [3.8, 4) is 0 Å². The zero-order chi connectivity index (χ0) is 14.7. The monoisotopic (exact) mass is 412 g/mol. The molecule has 5 heteroatoms. The summed E-state index contributed by atoms with van der Waals surface area (Å²) in [5.41, 5.74) is 0.868. The lowest BCUT2D eigenvalue weighted by Gasteiger charge is -2.22. The molecule has 21 heavy (non-hydrogen) atoms. The van der Waals surface area contributed by atoms with E-state index in [1.807, 2.05) is 24.3 Å². The second kappa shape index (κ2) is 6.89. The van der Waals surface area contributed by atoms with E-state index in [2.05, 4.69) is 50.3 Å². The highest BCUT2D eigenvalue weighted by Gasteiger charge is 2.28. The van der Waals surface area contributed by atoms with Gasteiger partial charge >= 0.3 is 0 Å². The van der Waals surface area contributed by atoms with Gasteiger partial charge in [0.05, 0.1) is 6.54 Å². The van der Waals surface area contributed by atoms with Crippen LogP contribution in [-0.2, 0) is 4.79 Å². The fourth-order valence-corrected chi connectivity index (χ4v) is 3.99. The summed E-state index contributed by atoms with van der Waals surface area (Å²) in [5, 5.41) is 5.09. The maximum atomic E-state index is 12.2. The van der Waals surface area contributed by atoms with Crippen LogP contribution >= 0.6 is 33.9 Å². The van der Waals surface area contributed by atoms with Crippen LogP contribution in [0.5, 0.6) is 0 Å². The van der Waals surface area contributed by atoms with Crippen LogP contribution in [-0.4, -0.2) is 23.9 Å². The number of likely N-dealkylation sites (tertiary alicyclic amines) is 1. The van der Waals surface area contributed by atoms with Crippen LogP contribution < -0.4 is 5.32 Å². The highest BCUT2D eigenvalue weighted by molar-refractivity contribution is 14.1. The van der Waals surface area contributed by atoms with Crippen molar-refractivity contribution in [1.82, 2.24) is 4.90 Å². The van der Waals surface area contributed by atoms with Gasteiger partial charge in [-0.1, -0.05) is 6.07 Å². The number of thiophene rings is 1. The SMILES string of the molecule is O=C(CN1CCC[C@H]1c1cccs1)Nc1ccc(I)cc1. The molecule has 110 valence electrons. The molecule has 0 aliphatic carbocycles. The fraction of sp³-hybridized carbons (Fsp3) is 0.312.